The Bertz CT molecular complexity index is 1210. The number of hydrogen-bond acceptors (Lipinski definition) is 13. The second-order valence-corrected chi connectivity index (χ2v) is 10.8. The summed E-state index contributed by atoms with van der Waals surface area (Å²) in [5.74, 6) is -3.46. The van der Waals surface area contributed by atoms with Gasteiger partial charge in [0.2, 0.25) is 0 Å². The monoisotopic (exact) mass is 608 g/mol. The molecule has 0 radical (unpaired) electrons. The van der Waals surface area contributed by atoms with Gasteiger partial charge in [-0.1, -0.05) is 60.7 Å². The molecule has 0 saturated carbocycles. The zero-order valence-electron chi connectivity index (χ0n) is 23.5. The van der Waals surface area contributed by atoms with Crippen LogP contribution >= 0.6 is 7.82 Å². The highest BCUT2D eigenvalue weighted by molar-refractivity contribution is 7.48. The molecule has 13 nitrogen and oxygen atoms in total. The molecule has 14 heteroatoms. The molecule has 1 heterocycles. The molecule has 2 aromatic carbocycles. The van der Waals surface area contributed by atoms with Crippen molar-refractivity contribution >= 4 is 31.7 Å². The lowest BCUT2D eigenvalue weighted by molar-refractivity contribution is -0.252. The Balaban J connectivity index is 1.90. The van der Waals surface area contributed by atoms with Crippen LogP contribution in [-0.4, -0.2) is 68.1 Å². The maximum Gasteiger partial charge on any atom is 0.475 e. The number of phosphoric acid groups is 1. The number of benzene rings is 2. The Morgan fingerprint density at radius 2 is 1.14 bits per heavy atom. The summed E-state index contributed by atoms with van der Waals surface area (Å²) in [7, 11) is -3.27. The number of phosphoric ester groups is 1. The van der Waals surface area contributed by atoms with E-state index in [4.69, 9.17) is 37.3 Å². The Labute approximate surface area is 242 Å². The van der Waals surface area contributed by atoms with Crippen LogP contribution in [0, 0.1) is 0 Å². The van der Waals surface area contributed by atoms with E-state index >= 15 is 0 Å². The van der Waals surface area contributed by atoms with Gasteiger partial charge >= 0.3 is 31.7 Å². The zero-order valence-corrected chi connectivity index (χ0v) is 24.4. The highest BCUT2D eigenvalue weighted by Crippen LogP contribution is 2.51. The third-order valence-electron chi connectivity index (χ3n) is 5.83. The third kappa shape index (κ3) is 9.74. The number of rotatable bonds is 13. The van der Waals surface area contributed by atoms with E-state index in [1.54, 1.807) is 60.7 Å². The first-order chi connectivity index (χ1) is 20.0. The summed E-state index contributed by atoms with van der Waals surface area (Å²) < 4.78 is 57.2. The predicted molar refractivity (Wildman–Crippen MR) is 143 cm³/mol. The molecule has 0 aliphatic carbocycles. The van der Waals surface area contributed by atoms with Gasteiger partial charge in [-0.2, -0.15) is 0 Å². The predicted octanol–water partition coefficient (Wildman–Crippen LogP) is 3.28. The summed E-state index contributed by atoms with van der Waals surface area (Å²) in [4.78, 5) is 48.6. The second kappa shape index (κ2) is 15.6. The van der Waals surface area contributed by atoms with Crippen molar-refractivity contribution < 1.29 is 61.0 Å². The first kappa shape index (κ1) is 32.9. The Hall–Kier alpha value is -3.61. The van der Waals surface area contributed by atoms with Gasteiger partial charge < -0.3 is 23.7 Å². The van der Waals surface area contributed by atoms with Crippen LogP contribution in [0.1, 0.15) is 31.9 Å². The van der Waals surface area contributed by atoms with E-state index in [1.807, 2.05) is 0 Å². The second-order valence-electron chi connectivity index (χ2n) is 9.10. The molecule has 1 fully saturated rings. The van der Waals surface area contributed by atoms with Gasteiger partial charge in [-0.25, -0.2) is 9.36 Å². The fraction of sp³-hybridized carbons (Fsp3) is 0.429. The first-order valence-corrected chi connectivity index (χ1v) is 14.3. The van der Waals surface area contributed by atoms with Gasteiger partial charge in [-0.3, -0.25) is 28.0 Å². The molecule has 2 aromatic rings. The minimum Gasteiger partial charge on any atom is -0.467 e. The van der Waals surface area contributed by atoms with Crippen LogP contribution in [-0.2, 0) is 74.2 Å². The number of methoxy groups -OCH3 is 1. The van der Waals surface area contributed by atoms with Gasteiger partial charge in [0.1, 0.15) is 6.10 Å². The summed E-state index contributed by atoms with van der Waals surface area (Å²) in [5, 5.41) is 0. The molecule has 1 aliphatic heterocycles. The van der Waals surface area contributed by atoms with Crippen molar-refractivity contribution in [3.05, 3.63) is 71.8 Å². The standard InChI is InChI=1S/C28H33O13P/c1-18(29)38-24-23(41-27(28(32)34-4)26(40-20(3)31)25(24)39-19(2)30)17-37-42(33,35-15-21-11-7-5-8-12-21)36-16-22-13-9-6-10-14-22/h5-14,23-27H,15-17H2,1-4H3/t23?,24-,25-,26?,27+/m1/s1. The van der Waals surface area contributed by atoms with Crippen molar-refractivity contribution in [1.29, 1.82) is 0 Å². The van der Waals surface area contributed by atoms with Gasteiger partial charge in [0, 0.05) is 20.8 Å². The molecule has 5 atom stereocenters. The van der Waals surface area contributed by atoms with Crippen molar-refractivity contribution in [2.24, 2.45) is 0 Å². The average Bonchev–Trinajstić information content (AvgIpc) is 2.96. The van der Waals surface area contributed by atoms with Crippen LogP contribution in [0.2, 0.25) is 0 Å². The average molecular weight is 609 g/mol. The Morgan fingerprint density at radius 1 is 0.690 bits per heavy atom. The summed E-state index contributed by atoms with van der Waals surface area (Å²) >= 11 is 0. The molecule has 2 unspecified atom stereocenters. The molecule has 0 aromatic heterocycles. The summed E-state index contributed by atoms with van der Waals surface area (Å²) in [6, 6.07) is 17.7. The van der Waals surface area contributed by atoms with E-state index in [1.165, 1.54) is 0 Å². The minimum atomic E-state index is -4.34. The molecule has 1 aliphatic rings. The molecule has 0 N–H and O–H groups in total. The minimum absolute atomic E-state index is 0.138. The molecular weight excluding hydrogens is 575 g/mol. The van der Waals surface area contributed by atoms with E-state index in [9.17, 15) is 23.7 Å². The topological polar surface area (TPSA) is 159 Å². The SMILES string of the molecule is COC(=O)[C@H]1OC(COP(=O)(OCc2ccccc2)OCc2ccccc2)[C@@H](OC(C)=O)[C@@H](OC(C)=O)C1OC(C)=O. The smallest absolute Gasteiger partial charge is 0.467 e. The molecule has 0 spiro atoms. The first-order valence-electron chi connectivity index (χ1n) is 12.9. The van der Waals surface area contributed by atoms with Crippen LogP contribution in [0.3, 0.4) is 0 Å². The Morgan fingerprint density at radius 3 is 1.60 bits per heavy atom. The largest absolute Gasteiger partial charge is 0.475 e. The number of ether oxygens (including phenoxy) is 5. The fourth-order valence-corrected chi connectivity index (χ4v) is 5.23. The van der Waals surface area contributed by atoms with E-state index in [-0.39, 0.29) is 13.2 Å². The summed E-state index contributed by atoms with van der Waals surface area (Å²) in [6.45, 7) is 2.33. The van der Waals surface area contributed by atoms with E-state index < -0.39 is 68.8 Å². The summed E-state index contributed by atoms with van der Waals surface area (Å²) in [5.41, 5.74) is 1.36. The van der Waals surface area contributed by atoms with Crippen LogP contribution in [0.15, 0.2) is 60.7 Å². The maximum atomic E-state index is 13.8. The van der Waals surface area contributed by atoms with Gasteiger partial charge in [0.15, 0.2) is 24.4 Å². The van der Waals surface area contributed by atoms with Gasteiger partial charge in [0.25, 0.3) is 0 Å². The zero-order chi connectivity index (χ0) is 30.7. The van der Waals surface area contributed by atoms with Crippen molar-refractivity contribution in [3.8, 4) is 0 Å². The van der Waals surface area contributed by atoms with Gasteiger partial charge in [0.05, 0.1) is 26.9 Å². The van der Waals surface area contributed by atoms with Crippen molar-refractivity contribution in [1.82, 2.24) is 0 Å². The number of carbonyl (C=O) groups is 4. The van der Waals surface area contributed by atoms with Crippen LogP contribution < -0.4 is 0 Å². The lowest BCUT2D eigenvalue weighted by atomic mass is 9.94. The highest BCUT2D eigenvalue weighted by Gasteiger charge is 2.55. The van der Waals surface area contributed by atoms with Crippen LogP contribution in [0.25, 0.3) is 0 Å². The van der Waals surface area contributed by atoms with Crippen molar-refractivity contribution in [2.45, 2.75) is 64.5 Å². The van der Waals surface area contributed by atoms with Crippen LogP contribution in [0.5, 0.6) is 0 Å². The molecule has 0 bridgehead atoms. The number of carbonyl (C=O) groups excluding carboxylic acids is 4. The van der Waals surface area contributed by atoms with Crippen LogP contribution in [0.4, 0.5) is 0 Å². The molecule has 0 amide bonds. The quantitative estimate of drug-likeness (QED) is 0.185. The maximum absolute atomic E-state index is 13.8. The van der Waals surface area contributed by atoms with Gasteiger partial charge in [-0.05, 0) is 11.1 Å². The van der Waals surface area contributed by atoms with E-state index in [0.717, 1.165) is 27.9 Å². The fourth-order valence-electron chi connectivity index (χ4n) is 4.07. The molecule has 1 saturated heterocycles. The van der Waals surface area contributed by atoms with Gasteiger partial charge in [-0.15, -0.1) is 0 Å². The lowest BCUT2D eigenvalue weighted by Gasteiger charge is -2.43. The highest BCUT2D eigenvalue weighted by atomic mass is 31.2. The molecular formula is C28H33O13P. The van der Waals surface area contributed by atoms with E-state index in [0.29, 0.717) is 11.1 Å². The molecule has 42 heavy (non-hydrogen) atoms. The third-order valence-corrected chi connectivity index (χ3v) is 7.19. The number of esters is 4. The lowest BCUT2D eigenvalue weighted by Crippen LogP contribution is -2.64. The van der Waals surface area contributed by atoms with Crippen molar-refractivity contribution in [2.75, 3.05) is 13.7 Å². The van der Waals surface area contributed by atoms with Crippen molar-refractivity contribution in [3.63, 3.8) is 0 Å². The number of hydrogen-bond donors (Lipinski definition) is 0. The molecule has 3 rings (SSSR count). The molecule has 228 valence electrons. The summed E-state index contributed by atoms with van der Waals surface area (Å²) in [6.07, 6.45) is -7.54. The Kier molecular flexibility index (Phi) is 12.2. The normalized spacial score (nSPS) is 22.0. The van der Waals surface area contributed by atoms with E-state index in [2.05, 4.69) is 0 Å².